The van der Waals surface area contributed by atoms with Crippen molar-refractivity contribution in [3.05, 3.63) is 102 Å². The fraction of sp³-hybridized carbons (Fsp3) is 0.0833. The van der Waals surface area contributed by atoms with E-state index in [1.165, 1.54) is 0 Å². The number of nitrogens with one attached hydrogen (secondary N) is 2. The van der Waals surface area contributed by atoms with Gasteiger partial charge >= 0.3 is 35.6 Å². The van der Waals surface area contributed by atoms with Gasteiger partial charge in [-0.05, 0) is 42.0 Å². The molecule has 7 nitrogen and oxygen atoms in total. The molecule has 0 aliphatic heterocycles. The van der Waals surface area contributed by atoms with Crippen molar-refractivity contribution in [1.29, 1.82) is 0 Å². The number of amides is 2. The summed E-state index contributed by atoms with van der Waals surface area (Å²) in [6.45, 7) is 0.301. The second-order valence-electron chi connectivity index (χ2n) is 7.11. The molecule has 0 aliphatic carbocycles. The molecule has 0 atom stereocenters. The molecule has 2 N–H and O–H groups in total. The number of fused-ring (bicyclic) bond motifs is 1. The molecule has 0 saturated carbocycles. The zero-order valence-electron chi connectivity index (χ0n) is 19.1. The van der Waals surface area contributed by atoms with Crippen LogP contribution in [0.1, 0.15) is 12.7 Å². The van der Waals surface area contributed by atoms with Crippen molar-refractivity contribution in [3.63, 3.8) is 0 Å². The second kappa shape index (κ2) is 11.3. The predicted molar refractivity (Wildman–Crippen MR) is 125 cm³/mol. The van der Waals surface area contributed by atoms with E-state index in [0.29, 0.717) is 23.6 Å². The number of carbonyl (C=O) groups is 1. The van der Waals surface area contributed by atoms with Crippen LogP contribution in [0, 0.1) is 0 Å². The third kappa shape index (κ3) is 7.30. The van der Waals surface area contributed by atoms with Crippen molar-refractivity contribution < 1.29 is 48.9 Å². The summed E-state index contributed by atoms with van der Waals surface area (Å²) in [5.74, 6) is 0.319. The molecule has 33 heavy (non-hydrogen) atoms. The van der Waals surface area contributed by atoms with Crippen molar-refractivity contribution in [2.24, 2.45) is 0 Å². The zero-order chi connectivity index (χ0) is 22.4. The number of ether oxygens (including phenoxy) is 1. The predicted octanol–water partition coefficient (Wildman–Crippen LogP) is 1.58. The summed E-state index contributed by atoms with van der Waals surface area (Å²) < 4.78 is 32.1. The minimum Gasteiger partial charge on any atom is -1.00 e. The molecule has 0 aliphatic rings. The van der Waals surface area contributed by atoms with Gasteiger partial charge in [0.15, 0.2) is 0 Å². The Morgan fingerprint density at radius 1 is 0.879 bits per heavy atom. The maximum Gasteiger partial charge on any atom is 1.00 e. The summed E-state index contributed by atoms with van der Waals surface area (Å²) in [5.41, 5.74) is 2.74. The summed E-state index contributed by atoms with van der Waals surface area (Å²) in [5, 5.41) is 3.57. The van der Waals surface area contributed by atoms with Gasteiger partial charge in [0.1, 0.15) is 12.4 Å². The molecule has 0 bridgehead atoms. The number of aromatic nitrogens is 1. The Hall–Kier alpha value is -2.91. The van der Waals surface area contributed by atoms with Crippen LogP contribution in [0.4, 0.5) is 10.5 Å². The monoisotopic (exact) mass is 471 g/mol. The van der Waals surface area contributed by atoms with Crippen LogP contribution in [0.5, 0.6) is 5.75 Å². The fourth-order valence-corrected chi connectivity index (χ4v) is 4.14. The molecule has 0 saturated heterocycles. The van der Waals surface area contributed by atoms with Crippen LogP contribution in [0.3, 0.4) is 0 Å². The second-order valence-corrected chi connectivity index (χ2v) is 8.83. The number of rotatable bonds is 7. The average molecular weight is 472 g/mol. The largest absolute Gasteiger partial charge is 1.00 e. The van der Waals surface area contributed by atoms with Crippen molar-refractivity contribution in [3.8, 4) is 5.75 Å². The van der Waals surface area contributed by atoms with Crippen molar-refractivity contribution in [2.75, 3.05) is 5.32 Å². The molecule has 164 valence electrons. The third-order valence-electron chi connectivity index (χ3n) is 4.60. The Bertz CT molecular complexity index is 1340. The average Bonchev–Trinajstić information content (AvgIpc) is 2.78. The number of hydrogen-bond donors (Lipinski definition) is 2. The molecule has 4 aromatic rings. The summed E-state index contributed by atoms with van der Waals surface area (Å²) in [4.78, 5) is 16.6. The van der Waals surface area contributed by atoms with Gasteiger partial charge in [0, 0.05) is 11.1 Å². The third-order valence-corrected chi connectivity index (χ3v) is 5.81. The maximum atomic E-state index is 12.2. The van der Waals surface area contributed by atoms with E-state index < -0.39 is 16.1 Å². The molecule has 4 rings (SSSR count). The van der Waals surface area contributed by atoms with Crippen molar-refractivity contribution >= 4 is 32.6 Å². The van der Waals surface area contributed by atoms with Gasteiger partial charge in [-0.25, -0.2) is 22.9 Å². The number of para-hydroxylation sites is 1. The Morgan fingerprint density at radius 2 is 1.58 bits per heavy atom. The van der Waals surface area contributed by atoms with Crippen LogP contribution < -0.4 is 44.3 Å². The van der Waals surface area contributed by atoms with E-state index >= 15 is 0 Å². The van der Waals surface area contributed by atoms with E-state index in [-0.39, 0.29) is 36.7 Å². The van der Waals surface area contributed by atoms with Gasteiger partial charge in [0.2, 0.25) is 10.0 Å². The molecule has 2 amide bonds. The number of urea groups is 1. The SMILES string of the molecule is O=C(Nc1ccc(OCc2ccc3ccccc3n2)cc1)NS(=O)(=O)Cc1ccccc1.[H-].[Na+]. The topological polar surface area (TPSA) is 97.4 Å². The quantitative estimate of drug-likeness (QED) is 0.399. The molecule has 3 aromatic carbocycles. The van der Waals surface area contributed by atoms with Gasteiger partial charge in [-0.2, -0.15) is 0 Å². The molecular weight excluding hydrogens is 449 g/mol. The first-order valence-electron chi connectivity index (χ1n) is 9.90. The van der Waals surface area contributed by atoms with E-state index in [1.807, 2.05) is 41.1 Å². The summed E-state index contributed by atoms with van der Waals surface area (Å²) in [6.07, 6.45) is 0. The van der Waals surface area contributed by atoms with Crippen LogP contribution in [-0.4, -0.2) is 19.4 Å². The number of hydrogen-bond acceptors (Lipinski definition) is 5. The standard InChI is InChI=1S/C24H21N3O4S.Na.H/c28-24(27-32(29,30)17-18-6-2-1-3-7-18)26-20-12-14-22(15-13-20)31-16-21-11-10-19-8-4-5-9-23(19)25-21;;/h1-15H,16-17H2,(H2,26,27,28);;/q;+1;-1. The molecule has 1 heterocycles. The Balaban J connectivity index is 0.00000204. The number of anilines is 1. The van der Waals surface area contributed by atoms with Crippen LogP contribution in [0.25, 0.3) is 10.9 Å². The van der Waals surface area contributed by atoms with Crippen LogP contribution in [-0.2, 0) is 22.4 Å². The van der Waals surface area contributed by atoms with Crippen molar-refractivity contribution in [1.82, 2.24) is 9.71 Å². The van der Waals surface area contributed by atoms with Gasteiger partial charge in [0.05, 0.1) is 17.0 Å². The minimum atomic E-state index is -3.81. The smallest absolute Gasteiger partial charge is 1.00 e. The van der Waals surface area contributed by atoms with E-state index in [0.717, 1.165) is 16.6 Å². The number of carbonyl (C=O) groups excluding carboxylic acids is 1. The first kappa shape index (κ1) is 24.7. The first-order valence-corrected chi connectivity index (χ1v) is 11.5. The van der Waals surface area contributed by atoms with Crippen molar-refractivity contribution in [2.45, 2.75) is 12.4 Å². The molecule has 0 unspecified atom stereocenters. The molecule has 0 fully saturated rings. The normalized spacial score (nSPS) is 10.8. The number of sulfonamides is 1. The maximum absolute atomic E-state index is 12.2. The van der Waals surface area contributed by atoms with Gasteiger partial charge in [-0.15, -0.1) is 0 Å². The van der Waals surface area contributed by atoms with E-state index in [1.54, 1.807) is 54.6 Å². The molecular formula is C24H22N3NaO4S. The molecule has 0 radical (unpaired) electrons. The van der Waals surface area contributed by atoms with Gasteiger partial charge in [0.25, 0.3) is 0 Å². The first-order chi connectivity index (χ1) is 15.5. The van der Waals surface area contributed by atoms with E-state index in [4.69, 9.17) is 4.74 Å². The zero-order valence-corrected chi connectivity index (χ0v) is 20.9. The minimum absolute atomic E-state index is 0. The van der Waals surface area contributed by atoms with Crippen LogP contribution in [0.15, 0.2) is 91.0 Å². The number of pyridine rings is 1. The van der Waals surface area contributed by atoms with Crippen LogP contribution >= 0.6 is 0 Å². The van der Waals surface area contributed by atoms with Gasteiger partial charge in [-0.1, -0.05) is 54.6 Å². The molecule has 0 spiro atoms. The summed E-state index contributed by atoms with van der Waals surface area (Å²) in [7, 11) is -3.81. The fourth-order valence-electron chi connectivity index (χ4n) is 3.11. The molecule has 1 aromatic heterocycles. The van der Waals surface area contributed by atoms with Crippen LogP contribution in [0.2, 0.25) is 0 Å². The summed E-state index contributed by atoms with van der Waals surface area (Å²) in [6, 6.07) is 26.2. The number of benzene rings is 3. The summed E-state index contributed by atoms with van der Waals surface area (Å²) >= 11 is 0. The number of nitrogens with zero attached hydrogens (tertiary/aromatic N) is 1. The van der Waals surface area contributed by atoms with E-state index in [9.17, 15) is 13.2 Å². The van der Waals surface area contributed by atoms with E-state index in [2.05, 4.69) is 10.3 Å². The van der Waals surface area contributed by atoms with Gasteiger partial charge < -0.3 is 11.5 Å². The van der Waals surface area contributed by atoms with Gasteiger partial charge in [-0.3, -0.25) is 0 Å². The Kier molecular flexibility index (Phi) is 8.46. The Morgan fingerprint density at radius 3 is 2.33 bits per heavy atom. The Labute approximate surface area is 216 Å². The molecule has 9 heteroatoms.